The van der Waals surface area contributed by atoms with Crippen LogP contribution in [0.3, 0.4) is 0 Å². The van der Waals surface area contributed by atoms with Crippen LogP contribution in [-0.4, -0.2) is 28.6 Å². The predicted octanol–water partition coefficient (Wildman–Crippen LogP) is 2.03. The van der Waals surface area contributed by atoms with E-state index in [1.54, 1.807) is 6.92 Å². The number of hydrogen-bond donors (Lipinski definition) is 1. The van der Waals surface area contributed by atoms with Gasteiger partial charge in [-0.05, 0) is 24.5 Å². The molecule has 2 unspecified atom stereocenters. The van der Waals surface area contributed by atoms with E-state index in [9.17, 15) is 24.4 Å². The number of halogens is 1. The topological polar surface area (TPSA) is 83.7 Å². The van der Waals surface area contributed by atoms with Gasteiger partial charge in [-0.3, -0.25) is 10.1 Å². The van der Waals surface area contributed by atoms with Crippen LogP contribution in [0.1, 0.15) is 13.3 Å². The molecule has 0 saturated carbocycles. The summed E-state index contributed by atoms with van der Waals surface area (Å²) in [6, 6.07) is 2.37. The fourth-order valence-electron chi connectivity index (χ4n) is 2.48. The molecule has 0 aliphatic carbocycles. The number of anilines is 1. The number of carboxylic acid groups (broad SMARTS) is 1. The third-order valence-electron chi connectivity index (χ3n) is 3.40. The summed E-state index contributed by atoms with van der Waals surface area (Å²) in [6.07, 6.45) is 0.630. The largest absolute Gasteiger partial charge is 0.480 e. The minimum atomic E-state index is -1.02. The normalized spacial score (nSPS) is 22.5. The van der Waals surface area contributed by atoms with Gasteiger partial charge in [0.25, 0.3) is 5.69 Å². The molecule has 1 aromatic rings. The van der Waals surface area contributed by atoms with Crippen molar-refractivity contribution in [3.05, 3.63) is 34.1 Å². The molecule has 1 aliphatic heterocycles. The quantitative estimate of drug-likeness (QED) is 0.669. The van der Waals surface area contributed by atoms with E-state index in [1.165, 1.54) is 11.0 Å². The SMILES string of the molecule is CC1CCN(c2ccc(F)cc2[N+](=O)[O-])C1C(=O)O. The van der Waals surface area contributed by atoms with Crippen molar-refractivity contribution in [2.24, 2.45) is 5.92 Å². The van der Waals surface area contributed by atoms with Crippen LogP contribution in [0.2, 0.25) is 0 Å². The second kappa shape index (κ2) is 4.83. The lowest BCUT2D eigenvalue weighted by Gasteiger charge is -2.25. The van der Waals surface area contributed by atoms with Crippen molar-refractivity contribution in [2.75, 3.05) is 11.4 Å². The molecule has 19 heavy (non-hydrogen) atoms. The van der Waals surface area contributed by atoms with Crippen LogP contribution in [0.4, 0.5) is 15.8 Å². The minimum absolute atomic E-state index is 0.109. The van der Waals surface area contributed by atoms with E-state index in [-0.39, 0.29) is 11.6 Å². The first kappa shape index (κ1) is 13.3. The zero-order valence-corrected chi connectivity index (χ0v) is 10.2. The van der Waals surface area contributed by atoms with Crippen LogP contribution in [0, 0.1) is 21.8 Å². The summed E-state index contributed by atoms with van der Waals surface area (Å²) in [6.45, 7) is 2.19. The van der Waals surface area contributed by atoms with Crippen LogP contribution in [0.5, 0.6) is 0 Å². The molecule has 1 aliphatic rings. The van der Waals surface area contributed by atoms with E-state index in [2.05, 4.69) is 0 Å². The molecule has 1 N–H and O–H groups in total. The number of nitrogens with zero attached hydrogens (tertiary/aromatic N) is 2. The standard InChI is InChI=1S/C12H13FN2O4/c1-7-4-5-14(11(7)12(16)17)9-3-2-8(13)6-10(9)15(18)19/h2-3,6-7,11H,4-5H2,1H3,(H,16,17). The Morgan fingerprint density at radius 2 is 2.26 bits per heavy atom. The summed E-state index contributed by atoms with van der Waals surface area (Å²) < 4.78 is 13.1. The number of nitro groups is 1. The molecule has 102 valence electrons. The molecule has 1 heterocycles. The molecule has 1 fully saturated rings. The Morgan fingerprint density at radius 3 is 2.84 bits per heavy atom. The van der Waals surface area contributed by atoms with E-state index < -0.39 is 28.4 Å². The number of carbonyl (C=O) groups is 1. The van der Waals surface area contributed by atoms with Gasteiger partial charge in [-0.25, -0.2) is 9.18 Å². The fourth-order valence-corrected chi connectivity index (χ4v) is 2.48. The summed E-state index contributed by atoms with van der Waals surface area (Å²) in [5, 5.41) is 20.2. The Bertz CT molecular complexity index is 534. The molecule has 0 amide bonds. The fraction of sp³-hybridized carbons (Fsp3) is 0.417. The molecular formula is C12H13FN2O4. The number of rotatable bonds is 3. The molecule has 7 heteroatoms. The van der Waals surface area contributed by atoms with E-state index >= 15 is 0 Å². The Balaban J connectivity index is 2.47. The van der Waals surface area contributed by atoms with Gasteiger partial charge in [0.1, 0.15) is 17.5 Å². The van der Waals surface area contributed by atoms with Crippen LogP contribution >= 0.6 is 0 Å². The van der Waals surface area contributed by atoms with Gasteiger partial charge in [-0.15, -0.1) is 0 Å². The third-order valence-corrected chi connectivity index (χ3v) is 3.40. The van der Waals surface area contributed by atoms with Crippen molar-refractivity contribution in [1.29, 1.82) is 0 Å². The van der Waals surface area contributed by atoms with Gasteiger partial charge >= 0.3 is 5.97 Å². The smallest absolute Gasteiger partial charge is 0.326 e. The average Bonchev–Trinajstić information content (AvgIpc) is 2.70. The number of hydrogen-bond acceptors (Lipinski definition) is 4. The Kier molecular flexibility index (Phi) is 3.37. The molecule has 1 aromatic carbocycles. The van der Waals surface area contributed by atoms with Crippen molar-refractivity contribution >= 4 is 17.3 Å². The highest BCUT2D eigenvalue weighted by Crippen LogP contribution is 2.36. The maximum atomic E-state index is 13.1. The van der Waals surface area contributed by atoms with Gasteiger partial charge in [0.05, 0.1) is 11.0 Å². The monoisotopic (exact) mass is 268 g/mol. The highest BCUT2D eigenvalue weighted by molar-refractivity contribution is 5.81. The summed E-state index contributed by atoms with van der Waals surface area (Å²) >= 11 is 0. The summed E-state index contributed by atoms with van der Waals surface area (Å²) in [7, 11) is 0. The van der Waals surface area contributed by atoms with Crippen molar-refractivity contribution in [3.63, 3.8) is 0 Å². The highest BCUT2D eigenvalue weighted by Gasteiger charge is 2.39. The predicted molar refractivity (Wildman–Crippen MR) is 65.6 cm³/mol. The molecule has 0 aromatic heterocycles. The molecule has 2 rings (SSSR count). The van der Waals surface area contributed by atoms with Gasteiger partial charge in [0.15, 0.2) is 0 Å². The van der Waals surface area contributed by atoms with Crippen LogP contribution in [0.25, 0.3) is 0 Å². The minimum Gasteiger partial charge on any atom is -0.480 e. The number of aliphatic carboxylic acids is 1. The maximum Gasteiger partial charge on any atom is 0.326 e. The molecule has 0 spiro atoms. The number of nitro benzene ring substituents is 1. The first-order valence-corrected chi connectivity index (χ1v) is 5.85. The first-order chi connectivity index (χ1) is 8.91. The lowest BCUT2D eigenvalue weighted by molar-refractivity contribution is -0.384. The Hall–Kier alpha value is -2.18. The molecule has 2 atom stereocenters. The zero-order chi connectivity index (χ0) is 14.2. The first-order valence-electron chi connectivity index (χ1n) is 5.85. The number of carboxylic acids is 1. The second-order valence-electron chi connectivity index (χ2n) is 4.63. The van der Waals surface area contributed by atoms with Crippen molar-refractivity contribution in [3.8, 4) is 0 Å². The summed E-state index contributed by atoms with van der Waals surface area (Å²) in [5.74, 6) is -1.85. The average molecular weight is 268 g/mol. The van der Waals surface area contributed by atoms with Gasteiger partial charge in [0.2, 0.25) is 0 Å². The van der Waals surface area contributed by atoms with Crippen molar-refractivity contribution in [2.45, 2.75) is 19.4 Å². The van der Waals surface area contributed by atoms with E-state index in [0.717, 1.165) is 12.1 Å². The molecule has 0 bridgehead atoms. The van der Waals surface area contributed by atoms with Gasteiger partial charge < -0.3 is 10.0 Å². The van der Waals surface area contributed by atoms with E-state index in [1.807, 2.05) is 0 Å². The van der Waals surface area contributed by atoms with Gasteiger partial charge in [0, 0.05) is 6.54 Å². The number of benzene rings is 1. The molecule has 1 saturated heterocycles. The molecule has 0 radical (unpaired) electrons. The lowest BCUT2D eigenvalue weighted by Crippen LogP contribution is -2.39. The highest BCUT2D eigenvalue weighted by atomic mass is 19.1. The second-order valence-corrected chi connectivity index (χ2v) is 4.63. The summed E-state index contributed by atoms with van der Waals surface area (Å²) in [4.78, 5) is 23.0. The van der Waals surface area contributed by atoms with E-state index in [4.69, 9.17) is 0 Å². The maximum absolute atomic E-state index is 13.1. The summed E-state index contributed by atoms with van der Waals surface area (Å²) in [5.41, 5.74) is -0.247. The Morgan fingerprint density at radius 1 is 1.58 bits per heavy atom. The lowest BCUT2D eigenvalue weighted by atomic mass is 10.0. The van der Waals surface area contributed by atoms with Crippen molar-refractivity contribution in [1.82, 2.24) is 0 Å². The third kappa shape index (κ3) is 2.35. The van der Waals surface area contributed by atoms with Crippen LogP contribution in [-0.2, 0) is 4.79 Å². The molecule has 6 nitrogen and oxygen atoms in total. The Labute approximate surface area is 108 Å². The van der Waals surface area contributed by atoms with Crippen LogP contribution < -0.4 is 4.90 Å². The van der Waals surface area contributed by atoms with Gasteiger partial charge in [-0.1, -0.05) is 6.92 Å². The molecular weight excluding hydrogens is 255 g/mol. The van der Waals surface area contributed by atoms with Gasteiger partial charge in [-0.2, -0.15) is 0 Å². The zero-order valence-electron chi connectivity index (χ0n) is 10.2. The van der Waals surface area contributed by atoms with Crippen LogP contribution in [0.15, 0.2) is 18.2 Å². The van der Waals surface area contributed by atoms with E-state index in [0.29, 0.717) is 13.0 Å². The van der Waals surface area contributed by atoms with Crippen molar-refractivity contribution < 1.29 is 19.2 Å².